The summed E-state index contributed by atoms with van der Waals surface area (Å²) in [6, 6.07) is 9.15. The summed E-state index contributed by atoms with van der Waals surface area (Å²) < 4.78 is 1.95. The quantitative estimate of drug-likeness (QED) is 0.612. The van der Waals surface area contributed by atoms with Gasteiger partial charge in [-0.25, -0.2) is 4.98 Å². The van der Waals surface area contributed by atoms with E-state index in [9.17, 15) is 10.1 Å². The van der Waals surface area contributed by atoms with Gasteiger partial charge in [-0.2, -0.15) is 15.2 Å². The smallest absolute Gasteiger partial charge is 0.242 e. The van der Waals surface area contributed by atoms with Crippen LogP contribution in [0.4, 0.5) is 17.5 Å². The van der Waals surface area contributed by atoms with E-state index in [0.29, 0.717) is 40.7 Å². The molecule has 3 aromatic rings. The van der Waals surface area contributed by atoms with Crippen LogP contribution in [0.3, 0.4) is 0 Å². The molecule has 3 heterocycles. The van der Waals surface area contributed by atoms with Gasteiger partial charge in [-0.15, -0.1) is 0 Å². The van der Waals surface area contributed by atoms with Crippen molar-refractivity contribution in [3.05, 3.63) is 36.2 Å². The molecule has 1 aromatic carbocycles. The molecule has 4 rings (SSSR count). The lowest BCUT2D eigenvalue weighted by molar-refractivity contribution is -0.123. The van der Waals surface area contributed by atoms with Crippen molar-refractivity contribution >= 4 is 34.5 Å². The molecule has 1 saturated heterocycles. The summed E-state index contributed by atoms with van der Waals surface area (Å²) in [6.07, 6.45) is 3.34. The Labute approximate surface area is 168 Å². The van der Waals surface area contributed by atoms with E-state index in [0.717, 1.165) is 12.8 Å². The lowest BCUT2D eigenvalue weighted by Gasteiger charge is -2.23. The highest BCUT2D eigenvalue weighted by Gasteiger charge is 2.24. The number of benzene rings is 1. The van der Waals surface area contributed by atoms with Crippen molar-refractivity contribution in [1.82, 2.24) is 24.8 Å². The maximum absolute atomic E-state index is 12.1. The molecule has 0 radical (unpaired) electrons. The molecule has 1 unspecified atom stereocenters. The molecule has 9 nitrogen and oxygen atoms in total. The average Bonchev–Trinajstić information content (AvgIpc) is 3.15. The predicted octanol–water partition coefficient (Wildman–Crippen LogP) is 2.71. The monoisotopic (exact) mass is 390 g/mol. The third-order valence-electron chi connectivity index (χ3n) is 4.87. The van der Waals surface area contributed by atoms with Gasteiger partial charge >= 0.3 is 0 Å². The fourth-order valence-electron chi connectivity index (χ4n) is 3.33. The minimum Gasteiger partial charge on any atom is -0.354 e. The number of rotatable bonds is 5. The van der Waals surface area contributed by atoms with Gasteiger partial charge in [0.15, 0.2) is 17.0 Å². The highest BCUT2D eigenvalue weighted by molar-refractivity contribution is 5.88. The van der Waals surface area contributed by atoms with Crippen LogP contribution >= 0.6 is 0 Å². The largest absolute Gasteiger partial charge is 0.354 e. The molecule has 0 spiro atoms. The number of imidazole rings is 1. The Morgan fingerprint density at radius 1 is 1.31 bits per heavy atom. The number of aromatic nitrogens is 4. The van der Waals surface area contributed by atoms with E-state index in [1.54, 1.807) is 12.4 Å². The van der Waals surface area contributed by atoms with E-state index in [1.807, 2.05) is 36.6 Å². The van der Waals surface area contributed by atoms with Crippen molar-refractivity contribution in [1.29, 1.82) is 5.26 Å². The number of fused-ring (bicyclic) bond motifs is 1. The molecular formula is C20H22N8O. The summed E-state index contributed by atoms with van der Waals surface area (Å²) in [5.41, 5.74) is 2.40. The number of piperidine rings is 1. The van der Waals surface area contributed by atoms with Crippen LogP contribution in [-0.4, -0.2) is 38.0 Å². The van der Waals surface area contributed by atoms with Gasteiger partial charge < -0.3 is 20.5 Å². The van der Waals surface area contributed by atoms with Gasteiger partial charge in [0.25, 0.3) is 0 Å². The Morgan fingerprint density at radius 2 is 2.14 bits per heavy atom. The van der Waals surface area contributed by atoms with Crippen molar-refractivity contribution in [2.24, 2.45) is 0 Å². The standard InChI is InChI=1S/C20H22N8O/c1-12(2)28-11-23-16-17(24-14-7-4-3-6-13(14)10-21)26-20(27-18(16)28)25-15-8-5-9-22-19(15)29/h3-4,6-7,11-12,15H,5,8-9H2,1-2H3,(H,22,29)(H2,24,25,26,27). The van der Waals surface area contributed by atoms with Crippen LogP contribution in [0.25, 0.3) is 11.2 Å². The SMILES string of the molecule is CC(C)n1cnc2c(Nc3ccccc3C#N)nc(NC3CCCNC3=O)nc21. The minimum atomic E-state index is -0.379. The molecular weight excluding hydrogens is 368 g/mol. The summed E-state index contributed by atoms with van der Waals surface area (Å²) in [7, 11) is 0. The van der Waals surface area contributed by atoms with Crippen molar-refractivity contribution in [3.63, 3.8) is 0 Å². The van der Waals surface area contributed by atoms with Gasteiger partial charge in [0, 0.05) is 12.6 Å². The third kappa shape index (κ3) is 3.69. The first-order valence-corrected chi connectivity index (χ1v) is 9.62. The molecule has 1 aliphatic heterocycles. The first-order valence-electron chi connectivity index (χ1n) is 9.62. The molecule has 148 valence electrons. The second kappa shape index (κ2) is 7.75. The number of carbonyl (C=O) groups excluding carboxylic acids is 1. The Bertz CT molecular complexity index is 1100. The fraction of sp³-hybridized carbons (Fsp3) is 0.350. The molecule has 2 aromatic heterocycles. The molecule has 0 aliphatic carbocycles. The number of hydrogen-bond donors (Lipinski definition) is 3. The fourth-order valence-corrected chi connectivity index (χ4v) is 3.33. The highest BCUT2D eigenvalue weighted by Crippen LogP contribution is 2.27. The molecule has 1 atom stereocenters. The lowest BCUT2D eigenvalue weighted by Crippen LogP contribution is -2.44. The number of anilines is 3. The number of carbonyl (C=O) groups is 1. The molecule has 3 N–H and O–H groups in total. The van der Waals surface area contributed by atoms with E-state index in [4.69, 9.17) is 0 Å². The van der Waals surface area contributed by atoms with E-state index in [-0.39, 0.29) is 18.0 Å². The predicted molar refractivity (Wildman–Crippen MR) is 110 cm³/mol. The van der Waals surface area contributed by atoms with E-state index >= 15 is 0 Å². The number of nitriles is 1. The first kappa shape index (κ1) is 18.7. The second-order valence-electron chi connectivity index (χ2n) is 7.23. The number of nitrogens with one attached hydrogen (secondary N) is 3. The number of amides is 1. The molecule has 29 heavy (non-hydrogen) atoms. The Morgan fingerprint density at radius 3 is 2.90 bits per heavy atom. The van der Waals surface area contributed by atoms with Crippen molar-refractivity contribution in [2.45, 2.75) is 38.8 Å². The zero-order chi connectivity index (χ0) is 20.4. The molecule has 1 fully saturated rings. The average molecular weight is 390 g/mol. The van der Waals surface area contributed by atoms with Crippen molar-refractivity contribution in [2.75, 3.05) is 17.2 Å². The lowest BCUT2D eigenvalue weighted by atomic mass is 10.1. The van der Waals surface area contributed by atoms with Crippen LogP contribution in [0.2, 0.25) is 0 Å². The van der Waals surface area contributed by atoms with Crippen LogP contribution in [0.5, 0.6) is 0 Å². The molecule has 0 saturated carbocycles. The van der Waals surface area contributed by atoms with Crippen LogP contribution in [-0.2, 0) is 4.79 Å². The Kier molecular flexibility index (Phi) is 4.99. The maximum atomic E-state index is 12.1. The summed E-state index contributed by atoms with van der Waals surface area (Å²) in [6.45, 7) is 4.78. The Balaban J connectivity index is 1.77. The minimum absolute atomic E-state index is 0.0540. The molecule has 9 heteroatoms. The van der Waals surface area contributed by atoms with Crippen LogP contribution in [0, 0.1) is 11.3 Å². The third-order valence-corrected chi connectivity index (χ3v) is 4.87. The van der Waals surface area contributed by atoms with E-state index < -0.39 is 0 Å². The Hall–Kier alpha value is -3.67. The van der Waals surface area contributed by atoms with E-state index in [1.165, 1.54) is 0 Å². The van der Waals surface area contributed by atoms with Gasteiger partial charge in [-0.3, -0.25) is 4.79 Å². The summed E-state index contributed by atoms with van der Waals surface area (Å²) >= 11 is 0. The topological polar surface area (TPSA) is 121 Å². The summed E-state index contributed by atoms with van der Waals surface area (Å²) in [5.74, 6) is 0.774. The van der Waals surface area contributed by atoms with E-state index in [2.05, 4.69) is 37.0 Å². The first-order chi connectivity index (χ1) is 14.1. The summed E-state index contributed by atoms with van der Waals surface area (Å²) in [4.78, 5) is 25.8. The summed E-state index contributed by atoms with van der Waals surface area (Å²) in [5, 5.41) is 18.6. The normalized spacial score (nSPS) is 16.5. The maximum Gasteiger partial charge on any atom is 0.242 e. The van der Waals surface area contributed by atoms with Gasteiger partial charge in [-0.1, -0.05) is 12.1 Å². The number of nitrogens with zero attached hydrogens (tertiary/aromatic N) is 5. The zero-order valence-corrected chi connectivity index (χ0v) is 16.3. The van der Waals surface area contributed by atoms with Crippen LogP contribution in [0.1, 0.15) is 38.3 Å². The van der Waals surface area contributed by atoms with Gasteiger partial charge in [0.05, 0.1) is 17.6 Å². The highest BCUT2D eigenvalue weighted by atomic mass is 16.2. The van der Waals surface area contributed by atoms with Gasteiger partial charge in [0.2, 0.25) is 11.9 Å². The molecule has 1 aliphatic rings. The molecule has 0 bridgehead atoms. The number of hydrogen-bond acceptors (Lipinski definition) is 7. The number of para-hydroxylation sites is 1. The van der Waals surface area contributed by atoms with Crippen LogP contribution < -0.4 is 16.0 Å². The van der Waals surface area contributed by atoms with Gasteiger partial charge in [0.1, 0.15) is 12.1 Å². The van der Waals surface area contributed by atoms with Gasteiger partial charge in [-0.05, 0) is 38.8 Å². The second-order valence-corrected chi connectivity index (χ2v) is 7.23. The van der Waals surface area contributed by atoms with Crippen LogP contribution in [0.15, 0.2) is 30.6 Å². The molecule has 1 amide bonds. The zero-order valence-electron chi connectivity index (χ0n) is 16.3. The van der Waals surface area contributed by atoms with Crippen molar-refractivity contribution in [3.8, 4) is 6.07 Å². The van der Waals surface area contributed by atoms with Crippen molar-refractivity contribution < 1.29 is 4.79 Å².